The number of rotatable bonds is 8. The molecule has 0 unspecified atom stereocenters. The molecule has 3 aromatic carbocycles. The molecule has 0 spiro atoms. The van der Waals surface area contributed by atoms with Gasteiger partial charge in [-0.2, -0.15) is 4.31 Å². The minimum atomic E-state index is -3.94. The molecule has 7 heteroatoms. The van der Waals surface area contributed by atoms with E-state index in [1.165, 1.54) is 4.31 Å². The molecule has 0 heterocycles. The van der Waals surface area contributed by atoms with Crippen LogP contribution in [-0.4, -0.2) is 25.2 Å². The van der Waals surface area contributed by atoms with Gasteiger partial charge in [0.05, 0.1) is 17.5 Å². The van der Waals surface area contributed by atoms with Crippen LogP contribution in [0.2, 0.25) is 5.02 Å². The molecule has 0 bridgehead atoms. The SMILES string of the molecule is Cc1cc(C)c(S(=O)(=O)N(CC(=O)N[C@@H](C)c2ccccc2)Cc2ccc(Cl)cc2)c(C)c1. The molecule has 0 aromatic heterocycles. The molecule has 0 aliphatic carbocycles. The third-order valence-electron chi connectivity index (χ3n) is 5.47. The number of benzene rings is 3. The van der Waals surface area contributed by atoms with Gasteiger partial charge in [-0.05, 0) is 62.1 Å². The number of nitrogens with one attached hydrogen (secondary N) is 1. The highest BCUT2D eigenvalue weighted by molar-refractivity contribution is 7.89. The van der Waals surface area contributed by atoms with Crippen LogP contribution in [0.25, 0.3) is 0 Å². The van der Waals surface area contributed by atoms with Crippen molar-refractivity contribution in [3.05, 3.63) is 99.6 Å². The molecule has 0 aliphatic heterocycles. The van der Waals surface area contributed by atoms with Crippen LogP contribution < -0.4 is 5.32 Å². The van der Waals surface area contributed by atoms with Crippen molar-refractivity contribution in [3.8, 4) is 0 Å². The van der Waals surface area contributed by atoms with E-state index in [9.17, 15) is 13.2 Å². The van der Waals surface area contributed by atoms with E-state index in [0.717, 1.165) is 16.7 Å². The van der Waals surface area contributed by atoms with Crippen LogP contribution in [-0.2, 0) is 21.4 Å². The van der Waals surface area contributed by atoms with E-state index in [1.807, 2.05) is 56.3 Å². The first-order chi connectivity index (χ1) is 15.6. The highest BCUT2D eigenvalue weighted by Gasteiger charge is 2.30. The number of hydrogen-bond donors (Lipinski definition) is 1. The lowest BCUT2D eigenvalue weighted by atomic mass is 10.1. The summed E-state index contributed by atoms with van der Waals surface area (Å²) >= 11 is 5.99. The summed E-state index contributed by atoms with van der Waals surface area (Å²) in [6.45, 7) is 7.13. The number of nitrogens with zero attached hydrogens (tertiary/aromatic N) is 1. The largest absolute Gasteiger partial charge is 0.348 e. The first-order valence-corrected chi connectivity index (χ1v) is 12.6. The van der Waals surface area contributed by atoms with E-state index < -0.39 is 10.0 Å². The lowest BCUT2D eigenvalue weighted by Crippen LogP contribution is -2.41. The van der Waals surface area contributed by atoms with E-state index in [4.69, 9.17) is 11.6 Å². The molecule has 1 amide bonds. The first-order valence-electron chi connectivity index (χ1n) is 10.7. The smallest absolute Gasteiger partial charge is 0.244 e. The molecule has 0 aliphatic rings. The van der Waals surface area contributed by atoms with Crippen molar-refractivity contribution < 1.29 is 13.2 Å². The Balaban J connectivity index is 1.92. The average molecular weight is 485 g/mol. The topological polar surface area (TPSA) is 66.5 Å². The van der Waals surface area contributed by atoms with Gasteiger partial charge in [0.15, 0.2) is 0 Å². The molecule has 0 radical (unpaired) electrons. The van der Waals surface area contributed by atoms with Crippen LogP contribution in [0.1, 0.15) is 40.8 Å². The number of aryl methyl sites for hydroxylation is 3. The summed E-state index contributed by atoms with van der Waals surface area (Å²) in [5.74, 6) is -0.369. The maximum absolute atomic E-state index is 13.8. The molecule has 5 nitrogen and oxygen atoms in total. The van der Waals surface area contributed by atoms with Crippen molar-refractivity contribution in [1.82, 2.24) is 9.62 Å². The molecule has 0 saturated heterocycles. The predicted molar refractivity (Wildman–Crippen MR) is 133 cm³/mol. The molecule has 0 fully saturated rings. The molecule has 0 saturated carbocycles. The summed E-state index contributed by atoms with van der Waals surface area (Å²) < 4.78 is 28.8. The summed E-state index contributed by atoms with van der Waals surface area (Å²) in [6, 6.07) is 20.0. The number of hydrogen-bond acceptors (Lipinski definition) is 3. The molecule has 3 aromatic rings. The lowest BCUT2D eigenvalue weighted by Gasteiger charge is -2.25. The lowest BCUT2D eigenvalue weighted by molar-refractivity contribution is -0.122. The van der Waals surface area contributed by atoms with Gasteiger partial charge in [-0.25, -0.2) is 8.42 Å². The van der Waals surface area contributed by atoms with Gasteiger partial charge in [0.2, 0.25) is 15.9 Å². The fourth-order valence-corrected chi connectivity index (χ4v) is 5.92. The number of sulfonamides is 1. The number of amides is 1. The number of carbonyl (C=O) groups excluding carboxylic acids is 1. The van der Waals surface area contributed by atoms with Crippen LogP contribution >= 0.6 is 11.6 Å². The third kappa shape index (κ3) is 6.22. The van der Waals surface area contributed by atoms with Gasteiger partial charge in [0, 0.05) is 11.6 Å². The van der Waals surface area contributed by atoms with Gasteiger partial charge in [-0.3, -0.25) is 4.79 Å². The Morgan fingerprint density at radius 2 is 1.55 bits per heavy atom. The number of carbonyl (C=O) groups is 1. The predicted octanol–water partition coefficient (Wildman–Crippen LogP) is 5.33. The molecular formula is C26H29ClN2O3S. The van der Waals surface area contributed by atoms with Crippen molar-refractivity contribution in [2.24, 2.45) is 0 Å². The Morgan fingerprint density at radius 1 is 0.970 bits per heavy atom. The van der Waals surface area contributed by atoms with Gasteiger partial charge in [-0.1, -0.05) is 71.8 Å². The molecular weight excluding hydrogens is 456 g/mol. The van der Waals surface area contributed by atoms with Crippen LogP contribution in [0.15, 0.2) is 71.6 Å². The van der Waals surface area contributed by atoms with Crippen LogP contribution in [0.5, 0.6) is 0 Å². The zero-order valence-corrected chi connectivity index (χ0v) is 20.9. The zero-order chi connectivity index (χ0) is 24.2. The van der Waals surface area contributed by atoms with Crippen molar-refractivity contribution in [1.29, 1.82) is 0 Å². The van der Waals surface area contributed by atoms with Crippen molar-refractivity contribution in [2.45, 2.75) is 45.2 Å². The van der Waals surface area contributed by atoms with Crippen molar-refractivity contribution >= 4 is 27.5 Å². The summed E-state index contributed by atoms with van der Waals surface area (Å²) in [4.78, 5) is 13.2. The number of halogens is 1. The summed E-state index contributed by atoms with van der Waals surface area (Å²) in [6.07, 6.45) is 0. The standard InChI is InChI=1S/C26H29ClN2O3S/c1-18-14-19(2)26(20(3)15-18)33(31,32)29(16-22-10-12-24(27)13-11-22)17-25(30)28-21(4)23-8-6-5-7-9-23/h5-15,21H,16-17H2,1-4H3,(H,28,30)/t21-/m0/s1. The molecule has 1 atom stereocenters. The van der Waals surface area contributed by atoms with Crippen molar-refractivity contribution in [2.75, 3.05) is 6.54 Å². The monoisotopic (exact) mass is 484 g/mol. The first kappa shape index (κ1) is 25.0. The van der Waals surface area contributed by atoms with Crippen LogP contribution in [0.4, 0.5) is 0 Å². The Labute approximate surface area is 201 Å². The fourth-order valence-electron chi connectivity index (χ4n) is 3.99. The van der Waals surface area contributed by atoms with Gasteiger partial charge < -0.3 is 5.32 Å². The quantitative estimate of drug-likeness (QED) is 0.469. The summed E-state index contributed by atoms with van der Waals surface area (Å²) in [5.41, 5.74) is 4.00. The van der Waals surface area contributed by atoms with Crippen LogP contribution in [0, 0.1) is 20.8 Å². The van der Waals surface area contributed by atoms with Gasteiger partial charge in [-0.15, -0.1) is 0 Å². The second-order valence-electron chi connectivity index (χ2n) is 8.33. The van der Waals surface area contributed by atoms with E-state index >= 15 is 0 Å². The highest BCUT2D eigenvalue weighted by atomic mass is 35.5. The normalized spacial score (nSPS) is 12.5. The fraction of sp³-hybridized carbons (Fsp3) is 0.269. The second kappa shape index (κ2) is 10.5. The Hall–Kier alpha value is -2.67. The van der Waals surface area contributed by atoms with Gasteiger partial charge in [0.1, 0.15) is 0 Å². The van der Waals surface area contributed by atoms with Gasteiger partial charge in [0.25, 0.3) is 0 Å². The summed E-state index contributed by atoms with van der Waals surface area (Å²) in [5, 5.41) is 3.48. The van der Waals surface area contributed by atoms with E-state index in [-0.39, 0.29) is 29.9 Å². The zero-order valence-electron chi connectivity index (χ0n) is 19.3. The summed E-state index contributed by atoms with van der Waals surface area (Å²) in [7, 11) is -3.94. The minimum Gasteiger partial charge on any atom is -0.348 e. The highest BCUT2D eigenvalue weighted by Crippen LogP contribution is 2.27. The minimum absolute atomic E-state index is 0.0550. The van der Waals surface area contributed by atoms with E-state index in [2.05, 4.69) is 5.32 Å². The Kier molecular flexibility index (Phi) is 7.95. The maximum atomic E-state index is 13.8. The Morgan fingerprint density at radius 3 is 2.12 bits per heavy atom. The van der Waals surface area contributed by atoms with E-state index in [1.54, 1.807) is 38.1 Å². The van der Waals surface area contributed by atoms with E-state index in [0.29, 0.717) is 16.1 Å². The molecule has 3 rings (SSSR count). The molecule has 1 N–H and O–H groups in total. The average Bonchev–Trinajstić information content (AvgIpc) is 2.74. The van der Waals surface area contributed by atoms with Gasteiger partial charge >= 0.3 is 0 Å². The Bertz CT molecular complexity index is 1200. The molecule has 33 heavy (non-hydrogen) atoms. The molecule has 174 valence electrons. The second-order valence-corrected chi connectivity index (χ2v) is 10.6. The van der Waals surface area contributed by atoms with Crippen molar-refractivity contribution in [3.63, 3.8) is 0 Å². The van der Waals surface area contributed by atoms with Crippen LogP contribution in [0.3, 0.4) is 0 Å². The third-order valence-corrected chi connectivity index (χ3v) is 7.82. The maximum Gasteiger partial charge on any atom is 0.244 e.